The molecule has 1 aliphatic rings. The molecule has 0 unspecified atom stereocenters. The Morgan fingerprint density at radius 2 is 2.29 bits per heavy atom. The zero-order valence-electron chi connectivity index (χ0n) is 12.2. The highest BCUT2D eigenvalue weighted by atomic mass is 16.3. The molecule has 0 aliphatic carbocycles. The third-order valence-electron chi connectivity index (χ3n) is 3.88. The summed E-state index contributed by atoms with van der Waals surface area (Å²) in [6.45, 7) is 2.64. The maximum Gasteiger partial charge on any atom is 0.254 e. The van der Waals surface area contributed by atoms with Crippen molar-refractivity contribution in [1.29, 1.82) is 0 Å². The van der Waals surface area contributed by atoms with Gasteiger partial charge in [-0.05, 0) is 38.1 Å². The van der Waals surface area contributed by atoms with E-state index in [2.05, 4.69) is 15.3 Å². The quantitative estimate of drug-likeness (QED) is 0.907. The maximum absolute atomic E-state index is 12.1. The third-order valence-corrected chi connectivity index (χ3v) is 3.88. The fraction of sp³-hybridized carbons (Fsp3) is 0.467. The van der Waals surface area contributed by atoms with E-state index < -0.39 is 0 Å². The Morgan fingerprint density at radius 3 is 2.90 bits per heavy atom. The predicted molar refractivity (Wildman–Crippen MR) is 77.8 cm³/mol. The molecule has 2 aromatic rings. The van der Waals surface area contributed by atoms with Crippen LogP contribution in [0.25, 0.3) is 0 Å². The van der Waals surface area contributed by atoms with Crippen LogP contribution in [-0.2, 0) is 7.05 Å². The van der Waals surface area contributed by atoms with Crippen molar-refractivity contribution in [2.45, 2.75) is 18.9 Å². The molecule has 3 rings (SSSR count). The van der Waals surface area contributed by atoms with Crippen molar-refractivity contribution in [2.75, 3.05) is 19.6 Å². The second-order valence-corrected chi connectivity index (χ2v) is 5.39. The van der Waals surface area contributed by atoms with Crippen molar-refractivity contribution >= 4 is 5.91 Å². The van der Waals surface area contributed by atoms with E-state index in [0.717, 1.165) is 18.8 Å². The van der Waals surface area contributed by atoms with E-state index in [1.54, 1.807) is 30.4 Å². The van der Waals surface area contributed by atoms with Crippen molar-refractivity contribution in [3.63, 3.8) is 0 Å². The number of carbonyl (C=O) groups is 1. The summed E-state index contributed by atoms with van der Waals surface area (Å²) < 4.78 is 7.17. The standard InChI is InChI=1S/C15H20N4O2/c1-18-11-12(9-17-18)15(20)16-10-13(14-5-4-8-21-14)19-6-2-3-7-19/h4-5,8-9,11,13H,2-3,6-7,10H2,1H3,(H,16,20)/t13-/m0/s1. The Balaban J connectivity index is 1.66. The zero-order chi connectivity index (χ0) is 14.7. The smallest absolute Gasteiger partial charge is 0.254 e. The van der Waals surface area contributed by atoms with Gasteiger partial charge in [0.05, 0.1) is 24.1 Å². The number of hydrogen-bond donors (Lipinski definition) is 1. The minimum atomic E-state index is -0.0983. The van der Waals surface area contributed by atoms with E-state index in [1.165, 1.54) is 12.8 Å². The highest BCUT2D eigenvalue weighted by Gasteiger charge is 2.26. The monoisotopic (exact) mass is 288 g/mol. The highest BCUT2D eigenvalue weighted by molar-refractivity contribution is 5.93. The maximum atomic E-state index is 12.1. The molecule has 21 heavy (non-hydrogen) atoms. The van der Waals surface area contributed by atoms with Crippen molar-refractivity contribution in [2.24, 2.45) is 7.05 Å². The van der Waals surface area contributed by atoms with Gasteiger partial charge in [0.25, 0.3) is 5.91 Å². The Hall–Kier alpha value is -2.08. The number of amides is 1. The van der Waals surface area contributed by atoms with Crippen LogP contribution in [0, 0.1) is 0 Å². The van der Waals surface area contributed by atoms with Gasteiger partial charge in [0.1, 0.15) is 5.76 Å². The summed E-state index contributed by atoms with van der Waals surface area (Å²) in [5, 5.41) is 7.00. The lowest BCUT2D eigenvalue weighted by Crippen LogP contribution is -2.36. The van der Waals surface area contributed by atoms with Crippen LogP contribution in [0.4, 0.5) is 0 Å². The number of carbonyl (C=O) groups excluding carboxylic acids is 1. The zero-order valence-corrected chi connectivity index (χ0v) is 12.2. The molecule has 2 aromatic heterocycles. The first-order chi connectivity index (χ1) is 10.2. The number of nitrogens with zero attached hydrogens (tertiary/aromatic N) is 3. The molecule has 6 heteroatoms. The van der Waals surface area contributed by atoms with Gasteiger partial charge in [-0.2, -0.15) is 5.10 Å². The molecule has 1 atom stereocenters. The molecular weight excluding hydrogens is 268 g/mol. The molecule has 6 nitrogen and oxygen atoms in total. The van der Waals surface area contributed by atoms with E-state index in [9.17, 15) is 4.79 Å². The second-order valence-electron chi connectivity index (χ2n) is 5.39. The molecule has 1 amide bonds. The topological polar surface area (TPSA) is 63.3 Å². The first-order valence-electron chi connectivity index (χ1n) is 7.28. The van der Waals surface area contributed by atoms with E-state index >= 15 is 0 Å². The first-order valence-corrected chi connectivity index (χ1v) is 7.28. The minimum absolute atomic E-state index is 0.0983. The highest BCUT2D eigenvalue weighted by Crippen LogP contribution is 2.24. The van der Waals surface area contributed by atoms with Gasteiger partial charge in [-0.15, -0.1) is 0 Å². The van der Waals surface area contributed by atoms with Gasteiger partial charge < -0.3 is 9.73 Å². The lowest BCUT2D eigenvalue weighted by Gasteiger charge is -2.25. The Labute approximate surface area is 123 Å². The Bertz CT molecular complexity index is 585. The SMILES string of the molecule is Cn1cc(C(=O)NC[C@@H](c2ccco2)N2CCCC2)cn1. The van der Waals surface area contributed by atoms with Gasteiger partial charge in [0.15, 0.2) is 0 Å². The van der Waals surface area contributed by atoms with Crippen LogP contribution in [0.15, 0.2) is 35.2 Å². The molecule has 0 aromatic carbocycles. The van der Waals surface area contributed by atoms with Crippen LogP contribution in [0.2, 0.25) is 0 Å². The average molecular weight is 288 g/mol. The molecule has 112 valence electrons. The Morgan fingerprint density at radius 1 is 1.48 bits per heavy atom. The number of aromatic nitrogens is 2. The van der Waals surface area contributed by atoms with Crippen LogP contribution in [0.3, 0.4) is 0 Å². The second kappa shape index (κ2) is 6.13. The molecule has 1 aliphatic heterocycles. The number of rotatable bonds is 5. The molecule has 3 heterocycles. The van der Waals surface area contributed by atoms with Crippen molar-refractivity contribution in [3.8, 4) is 0 Å². The summed E-state index contributed by atoms with van der Waals surface area (Å²) in [7, 11) is 1.80. The summed E-state index contributed by atoms with van der Waals surface area (Å²) >= 11 is 0. The number of nitrogens with one attached hydrogen (secondary N) is 1. The van der Waals surface area contributed by atoms with Gasteiger partial charge in [-0.3, -0.25) is 14.4 Å². The fourth-order valence-electron chi connectivity index (χ4n) is 2.77. The van der Waals surface area contributed by atoms with Crippen LogP contribution in [-0.4, -0.2) is 40.2 Å². The average Bonchev–Trinajstić information content (AvgIpc) is 3.21. The summed E-state index contributed by atoms with van der Waals surface area (Å²) in [6, 6.07) is 3.96. The van der Waals surface area contributed by atoms with Crippen LogP contribution >= 0.6 is 0 Å². The van der Waals surface area contributed by atoms with Crippen molar-refractivity contribution < 1.29 is 9.21 Å². The van der Waals surface area contributed by atoms with Crippen LogP contribution in [0.5, 0.6) is 0 Å². The molecule has 1 saturated heterocycles. The number of furan rings is 1. The van der Waals surface area contributed by atoms with Crippen LogP contribution < -0.4 is 5.32 Å². The van der Waals surface area contributed by atoms with Gasteiger partial charge >= 0.3 is 0 Å². The fourth-order valence-corrected chi connectivity index (χ4v) is 2.77. The normalized spacial score (nSPS) is 17.0. The van der Waals surface area contributed by atoms with E-state index in [4.69, 9.17) is 4.42 Å². The molecule has 0 saturated carbocycles. The third kappa shape index (κ3) is 3.16. The number of hydrogen-bond acceptors (Lipinski definition) is 4. The number of likely N-dealkylation sites (tertiary alicyclic amines) is 1. The largest absolute Gasteiger partial charge is 0.468 e. The minimum Gasteiger partial charge on any atom is -0.468 e. The van der Waals surface area contributed by atoms with Gasteiger partial charge in [-0.1, -0.05) is 0 Å². The molecule has 1 N–H and O–H groups in total. The molecular formula is C15H20N4O2. The number of aryl methyl sites for hydroxylation is 1. The Kier molecular flexibility index (Phi) is 4.06. The van der Waals surface area contributed by atoms with Gasteiger partial charge in [-0.25, -0.2) is 0 Å². The van der Waals surface area contributed by atoms with E-state index in [1.807, 2.05) is 12.1 Å². The molecule has 1 fully saturated rings. The first kappa shape index (κ1) is 13.9. The summed E-state index contributed by atoms with van der Waals surface area (Å²) in [5.74, 6) is 0.808. The van der Waals surface area contributed by atoms with Gasteiger partial charge in [0, 0.05) is 19.8 Å². The van der Waals surface area contributed by atoms with E-state index in [0.29, 0.717) is 12.1 Å². The lowest BCUT2D eigenvalue weighted by atomic mass is 10.2. The molecule has 0 bridgehead atoms. The summed E-state index contributed by atoms with van der Waals surface area (Å²) in [4.78, 5) is 14.5. The van der Waals surface area contributed by atoms with Crippen LogP contribution in [0.1, 0.15) is 35.0 Å². The summed E-state index contributed by atoms with van der Waals surface area (Å²) in [5.41, 5.74) is 0.581. The summed E-state index contributed by atoms with van der Waals surface area (Å²) in [6.07, 6.45) is 7.38. The van der Waals surface area contributed by atoms with Crippen molar-refractivity contribution in [1.82, 2.24) is 20.0 Å². The van der Waals surface area contributed by atoms with Gasteiger partial charge in [0.2, 0.25) is 0 Å². The predicted octanol–water partition coefficient (Wildman–Crippen LogP) is 1.58. The molecule has 0 radical (unpaired) electrons. The van der Waals surface area contributed by atoms with Crippen molar-refractivity contribution in [3.05, 3.63) is 42.1 Å². The lowest BCUT2D eigenvalue weighted by molar-refractivity contribution is 0.0933. The van der Waals surface area contributed by atoms with E-state index in [-0.39, 0.29) is 11.9 Å². The molecule has 0 spiro atoms.